The summed E-state index contributed by atoms with van der Waals surface area (Å²) in [5, 5.41) is 0. The molecule has 0 fully saturated rings. The van der Waals surface area contributed by atoms with Crippen LogP contribution >= 0.6 is 0 Å². The Morgan fingerprint density at radius 2 is 1.83 bits per heavy atom. The fourth-order valence-corrected chi connectivity index (χ4v) is 3.13. The van der Waals surface area contributed by atoms with E-state index in [0.717, 1.165) is 12.1 Å². The second kappa shape index (κ2) is 9.17. The van der Waals surface area contributed by atoms with Gasteiger partial charge in [-0.2, -0.15) is 13.2 Å². The Bertz CT molecular complexity index is 1050. The van der Waals surface area contributed by atoms with Crippen LogP contribution in [0, 0.1) is 0 Å². The number of hydrogen-bond donors (Lipinski definition) is 0. The molecule has 160 valence electrons. The predicted molar refractivity (Wildman–Crippen MR) is 104 cm³/mol. The lowest BCUT2D eigenvalue weighted by Crippen LogP contribution is -2.34. The number of ether oxygens (including phenoxy) is 1. The van der Waals surface area contributed by atoms with Crippen molar-refractivity contribution in [3.05, 3.63) is 70.2 Å². The monoisotopic (exact) mass is 422 g/mol. The van der Waals surface area contributed by atoms with Crippen molar-refractivity contribution in [3.8, 4) is 0 Å². The maximum atomic E-state index is 12.8. The van der Waals surface area contributed by atoms with Crippen LogP contribution in [0.25, 0.3) is 11.1 Å². The highest BCUT2D eigenvalue weighted by Gasteiger charge is 2.30. The molecule has 0 bridgehead atoms. The van der Waals surface area contributed by atoms with Gasteiger partial charge in [-0.1, -0.05) is 24.3 Å². The molecule has 0 atom stereocenters. The molecule has 0 aliphatic carbocycles. The fourth-order valence-electron chi connectivity index (χ4n) is 3.13. The van der Waals surface area contributed by atoms with E-state index < -0.39 is 23.5 Å². The summed E-state index contributed by atoms with van der Waals surface area (Å²) in [4.78, 5) is 25.8. The molecule has 0 aliphatic heterocycles. The molecule has 0 aliphatic rings. The second-order valence-electron chi connectivity index (χ2n) is 6.70. The van der Waals surface area contributed by atoms with Gasteiger partial charge in [0.05, 0.1) is 24.2 Å². The Balaban J connectivity index is 1.76. The summed E-state index contributed by atoms with van der Waals surface area (Å²) >= 11 is 0. The van der Waals surface area contributed by atoms with Crippen LogP contribution in [0.5, 0.6) is 0 Å². The fraction of sp³-hybridized carbons (Fsp3) is 0.333. The maximum Gasteiger partial charge on any atom is 0.419 e. The number of fused-ring (bicyclic) bond motifs is 1. The summed E-state index contributed by atoms with van der Waals surface area (Å²) in [7, 11) is 0. The summed E-state index contributed by atoms with van der Waals surface area (Å²) in [5.41, 5.74) is 0.964. The average molecular weight is 422 g/mol. The average Bonchev–Trinajstić information content (AvgIpc) is 3.01. The van der Waals surface area contributed by atoms with E-state index in [1.165, 1.54) is 16.7 Å². The Hall–Kier alpha value is -3.07. The number of carbonyl (C=O) groups excluding carboxylic acids is 1. The molecular weight excluding hydrogens is 401 g/mol. The quantitative estimate of drug-likeness (QED) is 0.518. The van der Waals surface area contributed by atoms with Gasteiger partial charge in [0.1, 0.15) is 0 Å². The molecule has 0 spiro atoms. The van der Waals surface area contributed by atoms with Crippen LogP contribution in [0.4, 0.5) is 13.2 Å². The van der Waals surface area contributed by atoms with Gasteiger partial charge in [0.15, 0.2) is 5.58 Å². The summed E-state index contributed by atoms with van der Waals surface area (Å²) in [6.07, 6.45) is -4.41. The lowest BCUT2D eigenvalue weighted by Gasteiger charge is -2.21. The van der Waals surface area contributed by atoms with Crippen molar-refractivity contribution in [3.63, 3.8) is 0 Å². The number of esters is 1. The number of rotatable bonds is 8. The van der Waals surface area contributed by atoms with Gasteiger partial charge >= 0.3 is 17.9 Å². The standard InChI is InChI=1S/C21H21F3N2O4/c1-2-29-19(27)14-25(13-15-7-9-16(10-8-15)21(22,23)24)11-12-26-17-5-3-4-6-18(17)30-20(26)28/h3-10H,2,11-14H2,1H3. The van der Waals surface area contributed by atoms with Crippen LogP contribution in [-0.2, 0) is 28.8 Å². The van der Waals surface area contributed by atoms with Gasteiger partial charge in [-0.25, -0.2) is 4.79 Å². The van der Waals surface area contributed by atoms with Crippen molar-refractivity contribution >= 4 is 17.1 Å². The number of nitrogens with zero attached hydrogens (tertiary/aromatic N) is 2. The van der Waals surface area contributed by atoms with Crippen LogP contribution in [0.2, 0.25) is 0 Å². The van der Waals surface area contributed by atoms with Crippen LogP contribution < -0.4 is 5.76 Å². The summed E-state index contributed by atoms with van der Waals surface area (Å²) in [5.74, 6) is -0.962. The Morgan fingerprint density at radius 3 is 2.50 bits per heavy atom. The van der Waals surface area contributed by atoms with Crippen LogP contribution in [0.15, 0.2) is 57.7 Å². The molecule has 6 nitrogen and oxygen atoms in total. The van der Waals surface area contributed by atoms with E-state index in [9.17, 15) is 22.8 Å². The number of halogens is 3. The molecule has 3 rings (SSSR count). The molecule has 1 aromatic heterocycles. The van der Waals surface area contributed by atoms with Gasteiger partial charge < -0.3 is 9.15 Å². The highest BCUT2D eigenvalue weighted by atomic mass is 19.4. The molecule has 9 heteroatoms. The van der Waals surface area contributed by atoms with Gasteiger partial charge in [-0.15, -0.1) is 0 Å². The van der Waals surface area contributed by atoms with Crippen molar-refractivity contribution in [2.75, 3.05) is 19.7 Å². The molecule has 0 radical (unpaired) electrons. The first-order valence-corrected chi connectivity index (χ1v) is 9.40. The third-order valence-electron chi connectivity index (χ3n) is 4.56. The molecule has 3 aromatic rings. The van der Waals surface area contributed by atoms with Gasteiger partial charge in [-0.3, -0.25) is 14.3 Å². The number of alkyl halides is 3. The minimum atomic E-state index is -4.41. The third kappa shape index (κ3) is 5.29. The zero-order valence-corrected chi connectivity index (χ0v) is 16.3. The van der Waals surface area contributed by atoms with E-state index in [-0.39, 0.29) is 26.2 Å². The van der Waals surface area contributed by atoms with E-state index in [4.69, 9.17) is 9.15 Å². The highest BCUT2D eigenvalue weighted by molar-refractivity contribution is 5.72. The number of oxazole rings is 1. The lowest BCUT2D eigenvalue weighted by molar-refractivity contribution is -0.144. The van der Waals surface area contributed by atoms with Crippen molar-refractivity contribution in [2.24, 2.45) is 0 Å². The number of para-hydroxylation sites is 2. The molecule has 0 saturated heterocycles. The summed E-state index contributed by atoms with van der Waals surface area (Å²) < 4.78 is 50.0. The smallest absolute Gasteiger partial charge is 0.419 e. The number of carbonyl (C=O) groups is 1. The molecular formula is C21H21F3N2O4. The first kappa shape index (κ1) is 21.6. The second-order valence-corrected chi connectivity index (χ2v) is 6.70. The molecule has 0 unspecified atom stereocenters. The number of hydrogen-bond acceptors (Lipinski definition) is 5. The van der Waals surface area contributed by atoms with Gasteiger partial charge in [0.2, 0.25) is 0 Å². The Morgan fingerprint density at radius 1 is 1.13 bits per heavy atom. The van der Waals surface area contributed by atoms with Crippen molar-refractivity contribution in [1.82, 2.24) is 9.47 Å². The summed E-state index contributed by atoms with van der Waals surface area (Å²) in [6.45, 7) is 2.62. The van der Waals surface area contributed by atoms with Crippen molar-refractivity contribution < 1.29 is 27.1 Å². The Labute approximate surface area is 170 Å². The number of benzene rings is 2. The topological polar surface area (TPSA) is 64.7 Å². The van der Waals surface area contributed by atoms with Crippen molar-refractivity contribution in [2.45, 2.75) is 26.2 Å². The lowest BCUT2D eigenvalue weighted by atomic mass is 10.1. The van der Waals surface area contributed by atoms with Crippen LogP contribution in [0.3, 0.4) is 0 Å². The van der Waals surface area contributed by atoms with E-state index in [1.807, 2.05) is 0 Å². The largest absolute Gasteiger partial charge is 0.465 e. The zero-order valence-electron chi connectivity index (χ0n) is 16.3. The van der Waals surface area contributed by atoms with Gasteiger partial charge in [0.25, 0.3) is 0 Å². The normalized spacial score (nSPS) is 11.9. The van der Waals surface area contributed by atoms with E-state index in [1.54, 1.807) is 36.1 Å². The van der Waals surface area contributed by atoms with Gasteiger partial charge in [-0.05, 0) is 36.8 Å². The van der Waals surface area contributed by atoms with Gasteiger partial charge in [0, 0.05) is 19.6 Å². The minimum absolute atomic E-state index is 0.0562. The first-order valence-electron chi connectivity index (χ1n) is 9.40. The summed E-state index contributed by atoms with van der Waals surface area (Å²) in [6, 6.07) is 11.7. The SMILES string of the molecule is CCOC(=O)CN(CCn1c(=O)oc2ccccc21)Cc1ccc(C(F)(F)F)cc1. The molecule has 0 saturated carbocycles. The molecule has 0 N–H and O–H groups in total. The van der Waals surface area contributed by atoms with Crippen LogP contribution in [0.1, 0.15) is 18.1 Å². The third-order valence-corrected chi connectivity index (χ3v) is 4.56. The molecule has 1 heterocycles. The van der Waals surface area contributed by atoms with E-state index in [0.29, 0.717) is 23.2 Å². The highest BCUT2D eigenvalue weighted by Crippen LogP contribution is 2.29. The molecule has 2 aromatic carbocycles. The first-order chi connectivity index (χ1) is 14.3. The zero-order chi connectivity index (χ0) is 21.7. The minimum Gasteiger partial charge on any atom is -0.465 e. The predicted octanol–water partition coefficient (Wildman–Crippen LogP) is 3.68. The Kier molecular flexibility index (Phi) is 6.61. The molecule has 0 amide bonds. The molecule has 30 heavy (non-hydrogen) atoms. The van der Waals surface area contributed by atoms with Crippen LogP contribution in [-0.4, -0.2) is 35.1 Å². The van der Waals surface area contributed by atoms with E-state index >= 15 is 0 Å². The number of aromatic nitrogens is 1. The maximum absolute atomic E-state index is 12.8. The van der Waals surface area contributed by atoms with E-state index in [2.05, 4.69) is 0 Å². The van der Waals surface area contributed by atoms with Crippen molar-refractivity contribution in [1.29, 1.82) is 0 Å².